The summed E-state index contributed by atoms with van der Waals surface area (Å²) in [5.74, 6) is -3.07. The van der Waals surface area contributed by atoms with Crippen molar-refractivity contribution in [3.8, 4) is 22.3 Å². The zero-order valence-corrected chi connectivity index (χ0v) is 82.8. The van der Waals surface area contributed by atoms with Gasteiger partial charge in [-0.15, -0.1) is 0 Å². The van der Waals surface area contributed by atoms with E-state index in [1.807, 2.05) is 91.0 Å². The maximum Gasteiger partial charge on any atom is 0.306 e. The van der Waals surface area contributed by atoms with Crippen molar-refractivity contribution in [3.63, 3.8) is 0 Å². The molecule has 46 heteroatoms. The van der Waals surface area contributed by atoms with E-state index in [-0.39, 0.29) is 95.3 Å². The smallest absolute Gasteiger partial charge is 0.306 e. The number of aliphatic hydroxyl groups is 14. The molecule has 46 nitrogen and oxygen atoms in total. The molecule has 16 unspecified atom stereocenters. The minimum atomic E-state index is -2.06. The number of carbonyl (C=O) groups excluding carboxylic acids is 4. The molecule has 0 bridgehead atoms. The van der Waals surface area contributed by atoms with Crippen LogP contribution in [0.5, 0.6) is 0 Å². The fourth-order valence-electron chi connectivity index (χ4n) is 21.2. The van der Waals surface area contributed by atoms with Gasteiger partial charge in [-0.2, -0.15) is 0 Å². The summed E-state index contributed by atoms with van der Waals surface area (Å²) in [4.78, 5) is 52.3. The van der Waals surface area contributed by atoms with Gasteiger partial charge >= 0.3 is 11.9 Å². The lowest BCUT2D eigenvalue weighted by molar-refractivity contribution is -0.376. The van der Waals surface area contributed by atoms with E-state index in [1.54, 1.807) is 35.5 Å². The number of aliphatic hydroxyl groups excluding tert-OH is 14. The average Bonchev–Trinajstić information content (AvgIpc) is 1.31. The topological polar surface area (TPSA) is 621 Å². The second-order valence-electron chi connectivity index (χ2n) is 36.9. The van der Waals surface area contributed by atoms with Crippen LogP contribution in [0.3, 0.4) is 0 Å². The third-order valence-electron chi connectivity index (χ3n) is 28.5. The number of methoxy groups -OCH3 is 12. The van der Waals surface area contributed by atoms with E-state index in [0.29, 0.717) is 0 Å². The van der Waals surface area contributed by atoms with Crippen molar-refractivity contribution < 1.29 is 204 Å². The number of nitrogens with one attached hydrogen (secondary N) is 4. The fourth-order valence-corrected chi connectivity index (χ4v) is 21.2. The Bertz CT molecular complexity index is 4710. The van der Waals surface area contributed by atoms with Gasteiger partial charge in [-0.1, -0.05) is 109 Å². The van der Waals surface area contributed by atoms with Crippen LogP contribution in [0.1, 0.15) is 59.8 Å². The number of hydrogen-bond acceptors (Lipinski definition) is 44. The average molecular weight is 2060 g/mol. The third kappa shape index (κ3) is 25.7. The van der Waals surface area contributed by atoms with Crippen molar-refractivity contribution in [2.24, 2.45) is 5.92 Å². The van der Waals surface area contributed by atoms with Gasteiger partial charge in [0.25, 0.3) is 0 Å². The molecule has 6 heterocycles. The predicted octanol–water partition coefficient (Wildman–Crippen LogP) is -4.57. The summed E-state index contributed by atoms with van der Waals surface area (Å²) in [5.41, 5.74) is 9.32. The molecular weight excluding hydrogens is 1920 g/mol. The summed E-state index contributed by atoms with van der Waals surface area (Å²) >= 11 is 0. The number of rotatable bonds is 45. The van der Waals surface area contributed by atoms with Crippen molar-refractivity contribution in [1.82, 2.24) is 21.3 Å². The summed E-state index contributed by atoms with van der Waals surface area (Å²) < 4.78 is 145. The first kappa shape index (κ1) is 115. The Morgan fingerprint density at radius 2 is 0.697 bits per heavy atom. The molecule has 0 spiro atoms. The quantitative estimate of drug-likeness (QED) is 0.0146. The summed E-state index contributed by atoms with van der Waals surface area (Å²) in [6, 6.07) is 28.1. The number of esters is 2. The molecule has 4 aromatic rings. The molecule has 6 fully saturated rings. The molecule has 6 saturated heterocycles. The Hall–Kier alpha value is -7.28. The molecule has 4 aliphatic carbocycles. The molecule has 2 amide bonds. The van der Waals surface area contributed by atoms with E-state index >= 15 is 0 Å². The molecule has 0 radical (unpaired) electrons. The van der Waals surface area contributed by atoms with E-state index in [1.165, 1.54) is 55.8 Å². The number of fused-ring (bicyclic) bond motifs is 6. The Kier molecular flexibility index (Phi) is 42.9. The van der Waals surface area contributed by atoms with Crippen LogP contribution in [-0.2, 0) is 133 Å². The first-order valence-electron chi connectivity index (χ1n) is 48.2. The molecule has 145 heavy (non-hydrogen) atoms. The Morgan fingerprint density at radius 3 is 1.15 bits per heavy atom. The Balaban J connectivity index is 0.000000247. The molecule has 10 aliphatic rings. The van der Waals surface area contributed by atoms with E-state index < -0.39 is 277 Å². The van der Waals surface area contributed by atoms with Crippen LogP contribution in [0.25, 0.3) is 22.3 Å². The minimum absolute atomic E-state index is 0.00257. The van der Waals surface area contributed by atoms with Crippen molar-refractivity contribution >= 4 is 23.8 Å². The van der Waals surface area contributed by atoms with Crippen LogP contribution in [0.4, 0.5) is 0 Å². The number of carbonyl (C=O) groups is 4. The first-order chi connectivity index (χ1) is 70.1. The lowest BCUT2D eigenvalue weighted by atomic mass is 9.80. The van der Waals surface area contributed by atoms with Gasteiger partial charge in [0.2, 0.25) is 11.8 Å². The molecule has 0 saturated carbocycles. The highest BCUT2D eigenvalue weighted by Crippen LogP contribution is 2.48. The zero-order valence-electron chi connectivity index (χ0n) is 82.8. The maximum absolute atomic E-state index is 13.6. The molecule has 14 rings (SSSR count). The zero-order chi connectivity index (χ0) is 104. The number of ether oxygens (including phenoxy) is 24. The maximum atomic E-state index is 13.6. The highest BCUT2D eigenvalue weighted by atomic mass is 16.8. The molecule has 6 aliphatic heterocycles. The third-order valence-corrected chi connectivity index (χ3v) is 28.5. The van der Waals surface area contributed by atoms with Gasteiger partial charge in [-0.25, -0.2) is 0 Å². The molecule has 0 aromatic heterocycles. The molecule has 38 atom stereocenters. The SMILES string of the molecule is COCC1=C[C@@H](N[C@H]2C(COC)O[C@@H](O[C@H]3C(COC)O[C@@H](O[C@H]4C(COC)OC(NC(=O)CCC(=O)OCC5c6ccccc6-c6ccccc65)C(OC)[C@@H]4OC)C(OC)[C@@H]3OC)C(OC)[C@@H]2OC)C(OC)[C@H](OC)[C@H]1CO.O=C(CCC(=O)OCC1c2ccccc2-c2ccccc21)NC1OC(CO)[C@H](O[C@@H]2OC(CO)[C@H](O[C@@H]3OC(CO)[C@H](N[C@@H]4C=C(CO)[C@H](O)[C@@H](O)C4O)[C@@H](O)C3O)[C@@H](O)C2O)[C@@H](O)C1O. The predicted molar refractivity (Wildman–Crippen MR) is 500 cm³/mol. The van der Waals surface area contributed by atoms with Gasteiger partial charge in [0, 0.05) is 116 Å². The van der Waals surface area contributed by atoms with Crippen LogP contribution in [-0.4, -0.2) is 480 Å². The van der Waals surface area contributed by atoms with Crippen molar-refractivity contribution in [1.29, 1.82) is 0 Å². The van der Waals surface area contributed by atoms with E-state index in [9.17, 15) is 90.7 Å². The van der Waals surface area contributed by atoms with Crippen LogP contribution >= 0.6 is 0 Å². The second-order valence-corrected chi connectivity index (χ2v) is 36.9. The second kappa shape index (κ2) is 54.1. The normalized spacial score (nSPS) is 36.7. The van der Waals surface area contributed by atoms with Crippen LogP contribution in [0, 0.1) is 5.92 Å². The largest absolute Gasteiger partial charge is 0.465 e. The lowest BCUT2D eigenvalue weighted by Gasteiger charge is -2.52. The van der Waals surface area contributed by atoms with Crippen molar-refractivity contribution in [3.05, 3.63) is 143 Å². The van der Waals surface area contributed by atoms with Gasteiger partial charge < -0.3 is 206 Å². The Labute approximate surface area is 838 Å². The first-order valence-corrected chi connectivity index (χ1v) is 48.2. The molecule has 4 aromatic carbocycles. The molecule has 18 N–H and O–H groups in total. The van der Waals surface area contributed by atoms with E-state index in [0.717, 1.165) is 50.1 Å². The highest BCUT2D eigenvalue weighted by Gasteiger charge is 2.60. The van der Waals surface area contributed by atoms with E-state index in [2.05, 4.69) is 33.4 Å². The van der Waals surface area contributed by atoms with Gasteiger partial charge in [0.15, 0.2) is 37.6 Å². The highest BCUT2D eigenvalue weighted by molar-refractivity contribution is 5.83. The van der Waals surface area contributed by atoms with Crippen LogP contribution < -0.4 is 21.3 Å². The van der Waals surface area contributed by atoms with Gasteiger partial charge in [0.1, 0.15) is 172 Å². The fraction of sp³-hybridized carbons (Fsp3) is 0.677. The molecular formula is C99H142N4O42. The monoisotopic (exact) mass is 2060 g/mol. The van der Waals surface area contributed by atoms with Crippen LogP contribution in [0.15, 0.2) is 120 Å². The summed E-state index contributed by atoms with van der Waals surface area (Å²) in [7, 11) is 18.5. The van der Waals surface area contributed by atoms with Gasteiger partial charge in [-0.05, 0) is 55.7 Å². The van der Waals surface area contributed by atoms with Crippen LogP contribution in [0.2, 0.25) is 0 Å². The lowest BCUT2D eigenvalue weighted by Crippen LogP contribution is -2.70. The number of hydrogen-bond donors (Lipinski definition) is 18. The Morgan fingerprint density at radius 1 is 0.310 bits per heavy atom. The van der Waals surface area contributed by atoms with Crippen molar-refractivity contribution in [2.75, 3.05) is 158 Å². The molecule has 810 valence electrons. The number of amides is 2. The standard InChI is InChI=1S/C56H84N2O21.C43H58N2O21/c1-62-25-30-23-37(45(67-6)44(66-5)35(30)24-59)57-43-38(27-63-2)76-55(52(72-11)48(43)68-7)79-47-40(29-65-4)77-56(53(73-12)50(47)70-9)78-46-39(28-64-3)75-54(51(71-10)49(46)69-8)58-41(60)21-22-42(61)74-26-36-33-19-15-13-17-31(33)32-18-14-16-20-34(32)36;46-12-17-11-23(31(53)33(55)30(17)52)44-29-24(13-47)63-42(37(59)32(29)54)66-40-26(15-49)64-43(38(60)35(40)57)65-39-25(14-48)62-41(36(58)34(39)56)45-27(50)9-10-28(51)61-16-22-20-7-3-1-5-18(20)19-6-2-4-8-21(19)22/h13-20,23,35-40,43-57,59H,21-22,24-29H2,1-12H3,(H,58,60);1-8,11,22-26,29-44,46-49,52-60H,9-10,12-16H2,(H,45,50)/t35-,37+,38?,39?,40?,43-,44+,45?,46-,47-,48+,49+,50+,51?,52?,53?,54?,55-,56-;23-,24?,25?,26?,29+,30+,31?,32-,33-,34+,35+,36?,37?,38?,39+,40+,41?,42+,43+/m01/s1. The van der Waals surface area contributed by atoms with E-state index in [4.69, 9.17) is 114 Å². The summed E-state index contributed by atoms with van der Waals surface area (Å²) in [5, 5.41) is 160. The number of benzene rings is 4. The van der Waals surface area contributed by atoms with Gasteiger partial charge in [0.05, 0.1) is 103 Å². The summed E-state index contributed by atoms with van der Waals surface area (Å²) in [6.07, 6.45) is -41.7. The summed E-state index contributed by atoms with van der Waals surface area (Å²) in [6.45, 7) is -2.88. The minimum Gasteiger partial charge on any atom is -0.465 e. The van der Waals surface area contributed by atoms with Crippen molar-refractivity contribution in [2.45, 2.75) is 264 Å². The van der Waals surface area contributed by atoms with Gasteiger partial charge in [-0.3, -0.25) is 19.2 Å².